The summed E-state index contributed by atoms with van der Waals surface area (Å²) >= 11 is 11.8. The van der Waals surface area contributed by atoms with Crippen molar-refractivity contribution in [2.45, 2.75) is 45.7 Å². The Bertz CT molecular complexity index is 441. The lowest BCUT2D eigenvalue weighted by molar-refractivity contribution is -0.123. The van der Waals surface area contributed by atoms with Crippen LogP contribution in [0, 0.1) is 0 Å². The van der Waals surface area contributed by atoms with Crippen molar-refractivity contribution in [1.29, 1.82) is 0 Å². The van der Waals surface area contributed by atoms with Gasteiger partial charge in [0.05, 0.1) is 0 Å². The fraction of sp³-hybridized carbons (Fsp3) is 0.500. The maximum absolute atomic E-state index is 12.1. The summed E-state index contributed by atoms with van der Waals surface area (Å²) in [6.07, 6.45) is 0.869. The molecule has 0 radical (unpaired) electrons. The molecule has 19 heavy (non-hydrogen) atoms. The number of amides is 1. The van der Waals surface area contributed by atoms with Gasteiger partial charge in [0, 0.05) is 21.3 Å². The molecule has 1 aromatic rings. The zero-order valence-corrected chi connectivity index (χ0v) is 13.2. The van der Waals surface area contributed by atoms with Gasteiger partial charge in [-0.1, -0.05) is 30.1 Å². The van der Waals surface area contributed by atoms with Crippen molar-refractivity contribution in [3.8, 4) is 0 Å². The Morgan fingerprint density at radius 1 is 1.26 bits per heavy atom. The van der Waals surface area contributed by atoms with Crippen molar-refractivity contribution in [3.63, 3.8) is 0 Å². The highest BCUT2D eigenvalue weighted by Gasteiger charge is 2.21. The lowest BCUT2D eigenvalue weighted by atomic mass is 10.0. The molecule has 2 N–H and O–H groups in total. The largest absolute Gasteiger partial charge is 0.374 e. The Kier molecular flexibility index (Phi) is 5.50. The highest BCUT2D eigenvalue weighted by atomic mass is 35.5. The second-order valence-electron chi connectivity index (χ2n) is 5.25. The molecule has 0 heterocycles. The molecule has 0 bridgehead atoms. The Morgan fingerprint density at radius 3 is 2.26 bits per heavy atom. The summed E-state index contributed by atoms with van der Waals surface area (Å²) in [5.74, 6) is -0.0528. The number of hydrogen-bond acceptors (Lipinski definition) is 2. The summed E-state index contributed by atoms with van der Waals surface area (Å²) < 4.78 is 0. The summed E-state index contributed by atoms with van der Waals surface area (Å²) in [6.45, 7) is 7.83. The topological polar surface area (TPSA) is 41.1 Å². The van der Waals surface area contributed by atoms with E-state index in [1.807, 2.05) is 20.8 Å². The van der Waals surface area contributed by atoms with E-state index in [1.165, 1.54) is 0 Å². The van der Waals surface area contributed by atoms with Crippen LogP contribution >= 0.6 is 23.2 Å². The van der Waals surface area contributed by atoms with E-state index in [9.17, 15) is 4.79 Å². The van der Waals surface area contributed by atoms with E-state index in [2.05, 4.69) is 10.6 Å². The molecule has 1 aromatic carbocycles. The maximum atomic E-state index is 12.1. The van der Waals surface area contributed by atoms with Crippen LogP contribution in [0.1, 0.15) is 34.1 Å². The first-order chi connectivity index (χ1) is 8.73. The molecule has 0 spiro atoms. The quantitative estimate of drug-likeness (QED) is 0.860. The average Bonchev–Trinajstić information content (AvgIpc) is 2.26. The predicted molar refractivity (Wildman–Crippen MR) is 82.1 cm³/mol. The van der Waals surface area contributed by atoms with Gasteiger partial charge in [-0.2, -0.15) is 0 Å². The Morgan fingerprint density at radius 2 is 1.79 bits per heavy atom. The number of anilines is 1. The predicted octanol–water partition coefficient (Wildman–Crippen LogP) is 4.10. The van der Waals surface area contributed by atoms with Crippen LogP contribution in [0.4, 0.5) is 5.69 Å². The van der Waals surface area contributed by atoms with Crippen LogP contribution < -0.4 is 10.6 Å². The molecule has 0 aliphatic carbocycles. The summed E-state index contributed by atoms with van der Waals surface area (Å²) in [7, 11) is 0. The van der Waals surface area contributed by atoms with E-state index in [0.717, 1.165) is 12.1 Å². The monoisotopic (exact) mass is 302 g/mol. The highest BCUT2D eigenvalue weighted by Crippen LogP contribution is 2.23. The minimum absolute atomic E-state index is 0.0528. The van der Waals surface area contributed by atoms with Crippen molar-refractivity contribution in [2.24, 2.45) is 0 Å². The number of nitrogens with one attached hydrogen (secondary N) is 2. The van der Waals surface area contributed by atoms with Crippen LogP contribution in [0.2, 0.25) is 10.0 Å². The van der Waals surface area contributed by atoms with Gasteiger partial charge in [-0.3, -0.25) is 4.79 Å². The van der Waals surface area contributed by atoms with Gasteiger partial charge in [-0.15, -0.1) is 0 Å². The zero-order chi connectivity index (χ0) is 14.6. The highest BCUT2D eigenvalue weighted by molar-refractivity contribution is 6.35. The molecule has 5 heteroatoms. The average molecular weight is 303 g/mol. The van der Waals surface area contributed by atoms with Gasteiger partial charge in [0.25, 0.3) is 0 Å². The molecule has 1 atom stereocenters. The lowest BCUT2D eigenvalue weighted by Gasteiger charge is -2.27. The molecule has 0 aliphatic heterocycles. The van der Waals surface area contributed by atoms with E-state index >= 15 is 0 Å². The molecular weight excluding hydrogens is 283 g/mol. The summed E-state index contributed by atoms with van der Waals surface area (Å²) in [6, 6.07) is 4.77. The number of benzene rings is 1. The molecule has 0 saturated carbocycles. The van der Waals surface area contributed by atoms with Gasteiger partial charge in [-0.05, 0) is 45.4 Å². The Labute approximate surface area is 124 Å². The molecule has 0 fully saturated rings. The van der Waals surface area contributed by atoms with Gasteiger partial charge in [0.2, 0.25) is 5.91 Å². The van der Waals surface area contributed by atoms with E-state index in [-0.39, 0.29) is 17.5 Å². The van der Waals surface area contributed by atoms with Crippen molar-refractivity contribution >= 4 is 34.8 Å². The molecule has 0 saturated heterocycles. The molecule has 3 nitrogen and oxygen atoms in total. The number of carbonyl (C=O) groups is 1. The third kappa shape index (κ3) is 5.29. The van der Waals surface area contributed by atoms with E-state index in [0.29, 0.717) is 10.0 Å². The maximum Gasteiger partial charge on any atom is 0.242 e. The van der Waals surface area contributed by atoms with Crippen molar-refractivity contribution in [3.05, 3.63) is 28.2 Å². The van der Waals surface area contributed by atoms with E-state index in [1.54, 1.807) is 25.1 Å². The molecule has 106 valence electrons. The number of halogens is 2. The summed E-state index contributed by atoms with van der Waals surface area (Å²) in [4.78, 5) is 12.1. The number of carbonyl (C=O) groups excluding carboxylic acids is 1. The lowest BCUT2D eigenvalue weighted by Crippen LogP contribution is -2.48. The minimum Gasteiger partial charge on any atom is -0.374 e. The number of hydrogen-bond donors (Lipinski definition) is 2. The first-order valence-corrected chi connectivity index (χ1v) is 7.04. The van der Waals surface area contributed by atoms with Gasteiger partial charge in [0.1, 0.15) is 6.04 Å². The fourth-order valence-electron chi connectivity index (χ4n) is 1.48. The first-order valence-electron chi connectivity index (χ1n) is 6.28. The van der Waals surface area contributed by atoms with Crippen molar-refractivity contribution in [2.75, 3.05) is 5.32 Å². The summed E-state index contributed by atoms with van der Waals surface area (Å²) in [5, 5.41) is 7.15. The Balaban J connectivity index is 2.68. The molecule has 1 amide bonds. The van der Waals surface area contributed by atoms with Crippen LogP contribution in [0.25, 0.3) is 0 Å². The van der Waals surface area contributed by atoms with Crippen LogP contribution in [0.5, 0.6) is 0 Å². The smallest absolute Gasteiger partial charge is 0.242 e. The fourth-order valence-corrected chi connectivity index (χ4v) is 2.01. The molecule has 1 rings (SSSR count). The van der Waals surface area contributed by atoms with Gasteiger partial charge in [-0.25, -0.2) is 0 Å². The molecular formula is C14H20Cl2N2O. The number of rotatable bonds is 5. The molecule has 0 aliphatic rings. The third-order valence-corrected chi connectivity index (χ3v) is 3.42. The molecule has 0 aromatic heterocycles. The van der Waals surface area contributed by atoms with Gasteiger partial charge < -0.3 is 10.6 Å². The summed E-state index contributed by atoms with van der Waals surface area (Å²) in [5.41, 5.74) is 0.522. The van der Waals surface area contributed by atoms with Gasteiger partial charge in [0.15, 0.2) is 0 Å². The van der Waals surface area contributed by atoms with Crippen LogP contribution in [-0.2, 0) is 4.79 Å². The standard InChI is InChI=1S/C14H20Cl2N2O/c1-5-14(3,4)18-13(19)9(2)17-12-7-10(15)6-11(16)8-12/h6-9,17H,5H2,1-4H3,(H,18,19). The normalized spacial score (nSPS) is 12.9. The third-order valence-electron chi connectivity index (χ3n) is 2.98. The van der Waals surface area contributed by atoms with E-state index in [4.69, 9.17) is 23.2 Å². The Hall–Kier alpha value is -0.930. The van der Waals surface area contributed by atoms with Crippen molar-refractivity contribution < 1.29 is 4.79 Å². The van der Waals surface area contributed by atoms with E-state index < -0.39 is 0 Å². The SMILES string of the molecule is CCC(C)(C)NC(=O)C(C)Nc1cc(Cl)cc(Cl)c1. The van der Waals surface area contributed by atoms with Crippen molar-refractivity contribution in [1.82, 2.24) is 5.32 Å². The zero-order valence-electron chi connectivity index (χ0n) is 11.7. The first kappa shape index (κ1) is 16.1. The second kappa shape index (κ2) is 6.49. The van der Waals surface area contributed by atoms with Crippen LogP contribution in [0.15, 0.2) is 18.2 Å². The van der Waals surface area contributed by atoms with Crippen LogP contribution in [-0.4, -0.2) is 17.5 Å². The minimum atomic E-state index is -0.361. The molecule has 1 unspecified atom stereocenters. The van der Waals surface area contributed by atoms with Gasteiger partial charge >= 0.3 is 0 Å². The van der Waals surface area contributed by atoms with Crippen LogP contribution in [0.3, 0.4) is 0 Å². The second-order valence-corrected chi connectivity index (χ2v) is 6.12.